The Balaban J connectivity index is 2.44. The van der Waals surface area contributed by atoms with Crippen LogP contribution in [0.5, 0.6) is 5.75 Å². The number of aromatic nitrogens is 1. The molecule has 0 saturated heterocycles. The number of ether oxygens (including phenoxy) is 1. The first-order valence-electron chi connectivity index (χ1n) is 5.11. The molecule has 1 aromatic carbocycles. The van der Waals surface area contributed by atoms with Crippen molar-refractivity contribution in [3.05, 3.63) is 32.4 Å². The summed E-state index contributed by atoms with van der Waals surface area (Å²) in [5.41, 5.74) is 0.913. The number of halogens is 2. The molecule has 0 spiro atoms. The van der Waals surface area contributed by atoms with Gasteiger partial charge in [0.25, 0.3) is 0 Å². The third-order valence-electron chi connectivity index (χ3n) is 2.34. The van der Waals surface area contributed by atoms with E-state index in [9.17, 15) is 4.79 Å². The number of rotatable bonds is 3. The topological polar surface area (TPSA) is 39.2 Å². The number of carbonyl (C=O) groups excluding carboxylic acids is 1. The number of carbonyl (C=O) groups is 1. The highest BCUT2D eigenvalue weighted by molar-refractivity contribution is 14.1. The summed E-state index contributed by atoms with van der Waals surface area (Å²) < 4.78 is 7.41. The van der Waals surface area contributed by atoms with E-state index in [1.165, 1.54) is 0 Å². The Hall–Kier alpha value is -0.340. The van der Waals surface area contributed by atoms with Crippen LogP contribution >= 0.6 is 51.1 Å². The third kappa shape index (κ3) is 3.16. The SMILES string of the molecule is CC(Oc1cc(I)c2ncc(Br)cc2c1)C(=O)S. The molecule has 0 saturated carbocycles. The zero-order valence-corrected chi connectivity index (χ0v) is 14.0. The first-order chi connectivity index (χ1) is 8.47. The Morgan fingerprint density at radius 1 is 1.50 bits per heavy atom. The normalized spacial score (nSPS) is 12.4. The zero-order chi connectivity index (χ0) is 13.3. The van der Waals surface area contributed by atoms with Crippen LogP contribution in [0.4, 0.5) is 0 Å². The maximum atomic E-state index is 11.1. The monoisotopic (exact) mass is 437 g/mol. The Morgan fingerprint density at radius 3 is 2.89 bits per heavy atom. The van der Waals surface area contributed by atoms with Crippen molar-refractivity contribution in [2.75, 3.05) is 0 Å². The molecule has 1 unspecified atom stereocenters. The molecule has 0 aliphatic rings. The summed E-state index contributed by atoms with van der Waals surface area (Å²) in [4.78, 5) is 15.4. The molecule has 1 aromatic heterocycles. The van der Waals surface area contributed by atoms with Gasteiger partial charge < -0.3 is 4.74 Å². The second-order valence-electron chi connectivity index (χ2n) is 3.73. The number of pyridine rings is 1. The fourth-order valence-corrected chi connectivity index (χ4v) is 2.63. The number of benzene rings is 1. The molecule has 6 heteroatoms. The number of hydrogen-bond acceptors (Lipinski definition) is 3. The van der Waals surface area contributed by atoms with Crippen molar-refractivity contribution in [1.82, 2.24) is 4.98 Å². The van der Waals surface area contributed by atoms with Crippen molar-refractivity contribution in [1.29, 1.82) is 0 Å². The summed E-state index contributed by atoms with van der Waals surface area (Å²) >= 11 is 9.33. The average molecular weight is 438 g/mol. The largest absolute Gasteiger partial charge is 0.482 e. The first-order valence-corrected chi connectivity index (χ1v) is 7.43. The number of nitrogens with zero attached hydrogens (tertiary/aromatic N) is 1. The average Bonchev–Trinajstić information content (AvgIpc) is 2.27. The molecule has 0 aliphatic carbocycles. The van der Waals surface area contributed by atoms with Gasteiger partial charge >= 0.3 is 0 Å². The zero-order valence-electron chi connectivity index (χ0n) is 9.35. The van der Waals surface area contributed by atoms with Crippen LogP contribution in [0, 0.1) is 3.57 Å². The van der Waals surface area contributed by atoms with E-state index in [2.05, 4.69) is 56.1 Å². The van der Waals surface area contributed by atoms with E-state index in [4.69, 9.17) is 4.74 Å². The van der Waals surface area contributed by atoms with Gasteiger partial charge in [-0.05, 0) is 63.6 Å². The molecule has 0 radical (unpaired) electrons. The Labute approximate surface area is 132 Å². The van der Waals surface area contributed by atoms with Gasteiger partial charge in [0.15, 0.2) is 6.10 Å². The summed E-state index contributed by atoms with van der Waals surface area (Å²) in [6.07, 6.45) is 1.19. The Kier molecular flexibility index (Phi) is 4.50. The molecule has 0 aliphatic heterocycles. The molecular weight excluding hydrogens is 429 g/mol. The smallest absolute Gasteiger partial charge is 0.226 e. The van der Waals surface area contributed by atoms with Crippen LogP contribution in [0.15, 0.2) is 28.9 Å². The quantitative estimate of drug-likeness (QED) is 0.586. The molecule has 0 bridgehead atoms. The summed E-state index contributed by atoms with van der Waals surface area (Å²) in [5.74, 6) is 0.640. The molecule has 1 atom stereocenters. The molecule has 1 heterocycles. The van der Waals surface area contributed by atoms with Gasteiger partial charge in [-0.3, -0.25) is 9.78 Å². The predicted molar refractivity (Wildman–Crippen MR) is 86.2 cm³/mol. The molecule has 0 N–H and O–H groups in total. The van der Waals surface area contributed by atoms with Gasteiger partial charge in [-0.2, -0.15) is 0 Å². The molecule has 0 fully saturated rings. The third-order valence-corrected chi connectivity index (χ3v) is 3.96. The minimum absolute atomic E-state index is 0.294. The van der Waals surface area contributed by atoms with Gasteiger partial charge in [-0.25, -0.2) is 0 Å². The van der Waals surface area contributed by atoms with Crippen molar-refractivity contribution >= 4 is 67.2 Å². The van der Waals surface area contributed by atoms with Crippen LogP contribution in [0.2, 0.25) is 0 Å². The van der Waals surface area contributed by atoms with E-state index in [1.807, 2.05) is 18.2 Å². The van der Waals surface area contributed by atoms with Crippen molar-refractivity contribution in [2.24, 2.45) is 0 Å². The Bertz CT molecular complexity index is 620. The van der Waals surface area contributed by atoms with Gasteiger partial charge in [0.1, 0.15) is 5.75 Å². The Morgan fingerprint density at radius 2 is 2.22 bits per heavy atom. The van der Waals surface area contributed by atoms with Crippen LogP contribution < -0.4 is 4.74 Å². The molecule has 94 valence electrons. The van der Waals surface area contributed by atoms with Gasteiger partial charge in [0.05, 0.1) is 5.52 Å². The van der Waals surface area contributed by atoms with E-state index in [0.717, 1.165) is 18.9 Å². The van der Waals surface area contributed by atoms with Gasteiger partial charge in [0.2, 0.25) is 5.12 Å². The highest BCUT2D eigenvalue weighted by atomic mass is 127. The van der Waals surface area contributed by atoms with Crippen LogP contribution in [-0.2, 0) is 4.79 Å². The lowest BCUT2D eigenvalue weighted by Crippen LogP contribution is -2.19. The van der Waals surface area contributed by atoms with Crippen LogP contribution in [0.25, 0.3) is 10.9 Å². The highest BCUT2D eigenvalue weighted by Crippen LogP contribution is 2.27. The standard InChI is InChI=1S/C12H9BrINO2S/c1-6(12(16)18)17-9-3-7-2-8(13)5-15-11(7)10(14)4-9/h2-6H,1H3,(H,16,18). The van der Waals surface area contributed by atoms with Gasteiger partial charge in [0, 0.05) is 19.6 Å². The lowest BCUT2D eigenvalue weighted by atomic mass is 10.2. The van der Waals surface area contributed by atoms with E-state index in [1.54, 1.807) is 13.1 Å². The van der Waals surface area contributed by atoms with Gasteiger partial charge in [-0.1, -0.05) is 0 Å². The number of fused-ring (bicyclic) bond motifs is 1. The van der Waals surface area contributed by atoms with E-state index >= 15 is 0 Å². The second-order valence-corrected chi connectivity index (χ2v) is 6.25. The van der Waals surface area contributed by atoms with E-state index in [-0.39, 0.29) is 5.12 Å². The second kappa shape index (κ2) is 5.75. The maximum Gasteiger partial charge on any atom is 0.226 e. The summed E-state index contributed by atoms with van der Waals surface area (Å²) in [7, 11) is 0. The molecule has 18 heavy (non-hydrogen) atoms. The number of thiol groups is 1. The number of hydrogen-bond donors (Lipinski definition) is 1. The summed E-state index contributed by atoms with van der Waals surface area (Å²) in [6, 6.07) is 5.68. The molecule has 2 aromatic rings. The molecule has 3 nitrogen and oxygen atoms in total. The highest BCUT2D eigenvalue weighted by Gasteiger charge is 2.12. The minimum Gasteiger partial charge on any atom is -0.482 e. The van der Waals surface area contributed by atoms with Crippen molar-refractivity contribution in [3.63, 3.8) is 0 Å². The van der Waals surface area contributed by atoms with Crippen molar-refractivity contribution in [2.45, 2.75) is 13.0 Å². The molecule has 0 amide bonds. The fourth-order valence-electron chi connectivity index (χ4n) is 1.48. The van der Waals surface area contributed by atoms with Crippen molar-refractivity contribution < 1.29 is 9.53 Å². The fraction of sp³-hybridized carbons (Fsp3) is 0.167. The van der Waals surface area contributed by atoms with E-state index in [0.29, 0.717) is 5.75 Å². The van der Waals surface area contributed by atoms with E-state index < -0.39 is 6.10 Å². The summed E-state index contributed by atoms with van der Waals surface area (Å²) in [6.45, 7) is 1.67. The molecule has 2 rings (SSSR count). The lowest BCUT2D eigenvalue weighted by molar-refractivity contribution is -0.116. The van der Waals surface area contributed by atoms with Crippen LogP contribution in [0.3, 0.4) is 0 Å². The maximum absolute atomic E-state index is 11.1. The van der Waals surface area contributed by atoms with Gasteiger partial charge in [-0.15, -0.1) is 12.6 Å². The minimum atomic E-state index is -0.568. The van der Waals surface area contributed by atoms with Crippen LogP contribution in [-0.4, -0.2) is 16.2 Å². The van der Waals surface area contributed by atoms with Crippen molar-refractivity contribution in [3.8, 4) is 5.75 Å². The lowest BCUT2D eigenvalue weighted by Gasteiger charge is -2.12. The van der Waals surface area contributed by atoms with Crippen LogP contribution in [0.1, 0.15) is 6.92 Å². The summed E-state index contributed by atoms with van der Waals surface area (Å²) in [5, 5.41) is 0.669. The predicted octanol–water partition coefficient (Wildman–Crippen LogP) is 3.83. The first kappa shape index (κ1) is 14.1. The molecular formula is C12H9BrINO2S.